The molecule has 0 bridgehead atoms. The summed E-state index contributed by atoms with van der Waals surface area (Å²) in [5.74, 6) is 0.818. The number of benzene rings is 1. The Labute approximate surface area is 100 Å². The van der Waals surface area contributed by atoms with Gasteiger partial charge in [0.25, 0.3) is 0 Å². The molecule has 4 heteroatoms. The molecule has 0 saturated carbocycles. The molecule has 17 heavy (non-hydrogen) atoms. The molecule has 1 heterocycles. The second kappa shape index (κ2) is 5.50. The summed E-state index contributed by atoms with van der Waals surface area (Å²) in [5, 5.41) is 3.61. The van der Waals surface area contributed by atoms with E-state index in [4.69, 9.17) is 15.0 Å². The minimum atomic E-state index is 0.0992. The third kappa shape index (κ3) is 3.07. The average molecular weight is 232 g/mol. The van der Waals surface area contributed by atoms with E-state index in [-0.39, 0.29) is 6.04 Å². The third-order valence-corrected chi connectivity index (χ3v) is 2.64. The fraction of sp³-hybridized carbons (Fsp3) is 0.308. The molecule has 4 nitrogen and oxygen atoms in total. The van der Waals surface area contributed by atoms with Crippen molar-refractivity contribution in [3.63, 3.8) is 0 Å². The molecule has 90 valence electrons. The maximum atomic E-state index is 5.93. The van der Waals surface area contributed by atoms with Crippen molar-refractivity contribution < 1.29 is 9.26 Å². The van der Waals surface area contributed by atoms with Crippen molar-refractivity contribution in [2.75, 3.05) is 0 Å². The summed E-state index contributed by atoms with van der Waals surface area (Å²) in [6, 6.07) is 7.95. The van der Waals surface area contributed by atoms with Gasteiger partial charge in [-0.2, -0.15) is 0 Å². The van der Waals surface area contributed by atoms with Crippen LogP contribution in [0.2, 0.25) is 0 Å². The highest BCUT2D eigenvalue weighted by Gasteiger charge is 2.03. The zero-order valence-electron chi connectivity index (χ0n) is 9.80. The van der Waals surface area contributed by atoms with Gasteiger partial charge >= 0.3 is 0 Å². The zero-order chi connectivity index (χ0) is 12.1. The van der Waals surface area contributed by atoms with Crippen molar-refractivity contribution in [1.82, 2.24) is 5.16 Å². The first-order chi connectivity index (χ1) is 8.29. The molecule has 1 unspecified atom stereocenters. The van der Waals surface area contributed by atoms with Gasteiger partial charge in [-0.15, -0.1) is 0 Å². The molecular weight excluding hydrogens is 216 g/mol. The van der Waals surface area contributed by atoms with Crippen molar-refractivity contribution in [1.29, 1.82) is 0 Å². The molecule has 2 rings (SSSR count). The number of ether oxygens (including phenoxy) is 1. The molecule has 1 aromatic carbocycles. The molecule has 0 radical (unpaired) electrons. The van der Waals surface area contributed by atoms with Crippen LogP contribution in [0.1, 0.15) is 30.5 Å². The number of aromatic nitrogens is 1. The lowest BCUT2D eigenvalue weighted by molar-refractivity contribution is 0.304. The Morgan fingerprint density at radius 3 is 2.71 bits per heavy atom. The van der Waals surface area contributed by atoms with E-state index in [0.717, 1.165) is 23.3 Å². The first-order valence-corrected chi connectivity index (χ1v) is 5.66. The van der Waals surface area contributed by atoms with Crippen LogP contribution in [0.3, 0.4) is 0 Å². The van der Waals surface area contributed by atoms with Crippen molar-refractivity contribution >= 4 is 0 Å². The second-order valence-electron chi connectivity index (χ2n) is 3.91. The molecule has 0 saturated heterocycles. The monoisotopic (exact) mass is 232 g/mol. The smallest absolute Gasteiger partial charge is 0.130 e. The molecule has 0 aliphatic heterocycles. The standard InChI is InChI=1S/C13H16N2O2/c1-2-13(14)11-3-5-12(6-4-11)16-8-10-7-15-17-9-10/h3-7,9,13H,2,8,14H2,1H3. The van der Waals surface area contributed by atoms with Gasteiger partial charge in [0.15, 0.2) is 0 Å². The number of hydrogen-bond acceptors (Lipinski definition) is 4. The van der Waals surface area contributed by atoms with Crippen molar-refractivity contribution in [3.8, 4) is 5.75 Å². The summed E-state index contributed by atoms with van der Waals surface area (Å²) in [7, 11) is 0. The highest BCUT2D eigenvalue weighted by molar-refractivity contribution is 5.29. The van der Waals surface area contributed by atoms with E-state index in [1.165, 1.54) is 0 Å². The Bertz CT molecular complexity index is 437. The SMILES string of the molecule is CCC(N)c1ccc(OCc2cnoc2)cc1. The maximum absolute atomic E-state index is 5.93. The van der Waals surface area contributed by atoms with Crippen LogP contribution in [0.25, 0.3) is 0 Å². The molecule has 0 fully saturated rings. The van der Waals surface area contributed by atoms with Crippen molar-refractivity contribution in [2.45, 2.75) is 26.0 Å². The van der Waals surface area contributed by atoms with Crippen LogP contribution in [0, 0.1) is 0 Å². The highest BCUT2D eigenvalue weighted by atomic mass is 16.5. The fourth-order valence-electron chi connectivity index (χ4n) is 1.51. The largest absolute Gasteiger partial charge is 0.489 e. The number of nitrogens with zero attached hydrogens (tertiary/aromatic N) is 1. The summed E-state index contributed by atoms with van der Waals surface area (Å²) >= 11 is 0. The van der Waals surface area contributed by atoms with Gasteiger partial charge in [-0.25, -0.2) is 0 Å². The van der Waals surface area contributed by atoms with E-state index in [1.54, 1.807) is 12.5 Å². The van der Waals surface area contributed by atoms with Crippen LogP contribution < -0.4 is 10.5 Å². The van der Waals surface area contributed by atoms with E-state index >= 15 is 0 Å². The third-order valence-electron chi connectivity index (χ3n) is 2.64. The lowest BCUT2D eigenvalue weighted by Crippen LogP contribution is -2.08. The summed E-state index contributed by atoms with van der Waals surface area (Å²) in [6.45, 7) is 2.53. The molecule has 2 N–H and O–H groups in total. The van der Waals surface area contributed by atoms with Crippen LogP contribution in [0.4, 0.5) is 0 Å². The molecule has 0 amide bonds. The topological polar surface area (TPSA) is 61.3 Å². The van der Waals surface area contributed by atoms with Gasteiger partial charge in [0, 0.05) is 11.6 Å². The summed E-state index contributed by atoms with van der Waals surface area (Å²) in [5.41, 5.74) is 7.98. The van der Waals surface area contributed by atoms with E-state index in [9.17, 15) is 0 Å². The van der Waals surface area contributed by atoms with Gasteiger partial charge in [0.2, 0.25) is 0 Å². The molecule has 1 aromatic heterocycles. The van der Waals surface area contributed by atoms with E-state index in [1.807, 2.05) is 24.3 Å². The molecule has 0 aliphatic rings. The first-order valence-electron chi connectivity index (χ1n) is 5.66. The van der Waals surface area contributed by atoms with E-state index in [0.29, 0.717) is 6.61 Å². The van der Waals surface area contributed by atoms with Crippen LogP contribution in [-0.2, 0) is 6.61 Å². The predicted molar refractivity (Wildman–Crippen MR) is 64.5 cm³/mol. The van der Waals surface area contributed by atoms with Gasteiger partial charge in [-0.3, -0.25) is 0 Å². The number of nitrogens with two attached hydrogens (primary N) is 1. The normalized spacial score (nSPS) is 12.4. The van der Waals surface area contributed by atoms with Crippen LogP contribution in [0.15, 0.2) is 41.2 Å². The van der Waals surface area contributed by atoms with Crippen LogP contribution in [-0.4, -0.2) is 5.16 Å². The van der Waals surface area contributed by atoms with Gasteiger partial charge in [0.1, 0.15) is 18.6 Å². The lowest BCUT2D eigenvalue weighted by atomic mass is 10.1. The van der Waals surface area contributed by atoms with Gasteiger partial charge in [0.05, 0.1) is 6.20 Å². The van der Waals surface area contributed by atoms with Crippen LogP contribution in [0.5, 0.6) is 5.75 Å². The maximum Gasteiger partial charge on any atom is 0.130 e. The van der Waals surface area contributed by atoms with Gasteiger partial charge < -0.3 is 15.0 Å². The second-order valence-corrected chi connectivity index (χ2v) is 3.91. The Hall–Kier alpha value is -1.81. The molecule has 0 aliphatic carbocycles. The number of hydrogen-bond donors (Lipinski definition) is 1. The minimum absolute atomic E-state index is 0.0992. The average Bonchev–Trinajstić information content (AvgIpc) is 2.89. The summed E-state index contributed by atoms with van der Waals surface area (Å²) in [6.07, 6.45) is 4.14. The summed E-state index contributed by atoms with van der Waals surface area (Å²) in [4.78, 5) is 0. The Morgan fingerprint density at radius 1 is 1.35 bits per heavy atom. The minimum Gasteiger partial charge on any atom is -0.489 e. The quantitative estimate of drug-likeness (QED) is 0.860. The molecule has 2 aromatic rings. The summed E-state index contributed by atoms with van der Waals surface area (Å²) < 4.78 is 10.3. The Morgan fingerprint density at radius 2 is 2.12 bits per heavy atom. The van der Waals surface area contributed by atoms with Gasteiger partial charge in [-0.1, -0.05) is 24.2 Å². The fourth-order valence-corrected chi connectivity index (χ4v) is 1.51. The Kier molecular flexibility index (Phi) is 3.77. The molecule has 1 atom stereocenters. The number of rotatable bonds is 5. The highest BCUT2D eigenvalue weighted by Crippen LogP contribution is 2.18. The Balaban J connectivity index is 1.94. The van der Waals surface area contributed by atoms with Gasteiger partial charge in [-0.05, 0) is 24.1 Å². The first kappa shape index (κ1) is 11.7. The molecule has 0 spiro atoms. The lowest BCUT2D eigenvalue weighted by Gasteiger charge is -2.10. The van der Waals surface area contributed by atoms with E-state index < -0.39 is 0 Å². The van der Waals surface area contributed by atoms with Crippen LogP contribution >= 0.6 is 0 Å². The van der Waals surface area contributed by atoms with Crippen molar-refractivity contribution in [2.24, 2.45) is 5.73 Å². The predicted octanol–water partition coefficient (Wildman–Crippen LogP) is 2.66. The molecular formula is C13H16N2O2. The zero-order valence-corrected chi connectivity index (χ0v) is 9.80. The van der Waals surface area contributed by atoms with Crippen molar-refractivity contribution in [3.05, 3.63) is 47.9 Å². The van der Waals surface area contributed by atoms with E-state index in [2.05, 4.69) is 12.1 Å².